The molecule has 1 fully saturated rings. The van der Waals surface area contributed by atoms with Gasteiger partial charge in [-0.3, -0.25) is 4.79 Å². The minimum atomic E-state index is -0.168. The minimum Gasteiger partial charge on any atom is -0.338 e. The summed E-state index contributed by atoms with van der Waals surface area (Å²) in [6.07, 6.45) is 9.26. The van der Waals surface area contributed by atoms with Crippen molar-refractivity contribution in [3.63, 3.8) is 0 Å². The lowest BCUT2D eigenvalue weighted by atomic mass is 9.94. The Hall–Kier alpha value is -2.30. The highest BCUT2D eigenvalue weighted by molar-refractivity contribution is 5.89. The molecule has 128 valence electrons. The number of amides is 3. The molecule has 24 heavy (non-hydrogen) atoms. The largest absolute Gasteiger partial charge is 0.338 e. The number of hydrogen-bond donors (Lipinski definition) is 2. The van der Waals surface area contributed by atoms with Crippen LogP contribution in [0.4, 0.5) is 10.5 Å². The highest BCUT2D eigenvalue weighted by atomic mass is 16.2. The highest BCUT2D eigenvalue weighted by Gasteiger charge is 2.20. The van der Waals surface area contributed by atoms with Gasteiger partial charge in [-0.05, 0) is 49.3 Å². The molecule has 0 bridgehead atoms. The van der Waals surface area contributed by atoms with Crippen molar-refractivity contribution in [3.05, 3.63) is 42.0 Å². The first-order valence-electron chi connectivity index (χ1n) is 8.77. The maximum atomic E-state index is 12.1. The molecule has 1 saturated heterocycles. The molecule has 5 nitrogen and oxygen atoms in total. The summed E-state index contributed by atoms with van der Waals surface area (Å²) in [5, 5.41) is 5.84. The molecular formula is C19H25N3O2. The summed E-state index contributed by atoms with van der Waals surface area (Å²) < 4.78 is 0. The predicted molar refractivity (Wildman–Crippen MR) is 94.6 cm³/mol. The van der Waals surface area contributed by atoms with Crippen LogP contribution in [0.2, 0.25) is 0 Å². The lowest BCUT2D eigenvalue weighted by Gasteiger charge is -2.18. The van der Waals surface area contributed by atoms with E-state index >= 15 is 0 Å². The van der Waals surface area contributed by atoms with Gasteiger partial charge in [0, 0.05) is 31.7 Å². The van der Waals surface area contributed by atoms with Crippen molar-refractivity contribution < 1.29 is 9.59 Å². The van der Waals surface area contributed by atoms with Crippen molar-refractivity contribution in [3.8, 4) is 0 Å². The number of nitrogens with zero attached hydrogens (tertiary/aromatic N) is 1. The van der Waals surface area contributed by atoms with Crippen LogP contribution in [0.1, 0.15) is 37.7 Å². The molecule has 0 unspecified atom stereocenters. The number of hydrogen-bond acceptors (Lipinski definition) is 2. The fourth-order valence-electron chi connectivity index (χ4n) is 3.29. The molecule has 1 heterocycles. The van der Waals surface area contributed by atoms with E-state index in [1.54, 1.807) is 0 Å². The van der Waals surface area contributed by atoms with Crippen molar-refractivity contribution in [1.29, 1.82) is 0 Å². The monoisotopic (exact) mass is 327 g/mol. The van der Waals surface area contributed by atoms with Gasteiger partial charge in [-0.25, -0.2) is 4.79 Å². The van der Waals surface area contributed by atoms with Gasteiger partial charge in [0.2, 0.25) is 5.91 Å². The Morgan fingerprint density at radius 1 is 1.29 bits per heavy atom. The lowest BCUT2D eigenvalue weighted by Crippen LogP contribution is -2.33. The molecule has 1 atom stereocenters. The Balaban J connectivity index is 1.49. The standard InChI is InChI=1S/C19H25N3O2/c23-18-10-5-11-22(18)14-16-8-4-9-17(12-16)21-19(24)20-13-15-6-2-1-3-7-15/h1-2,4,8-9,12,15H,3,5-7,10-11,13-14H2,(H2,20,21,24)/t15-/m0/s1. The fraction of sp³-hybridized carbons (Fsp3) is 0.474. The molecule has 1 aliphatic heterocycles. The zero-order valence-electron chi connectivity index (χ0n) is 14.0. The molecule has 1 aliphatic carbocycles. The number of nitrogens with one attached hydrogen (secondary N) is 2. The van der Waals surface area contributed by atoms with E-state index in [0.29, 0.717) is 25.4 Å². The van der Waals surface area contributed by atoms with E-state index in [9.17, 15) is 9.59 Å². The van der Waals surface area contributed by atoms with Crippen molar-refractivity contribution in [2.24, 2.45) is 5.92 Å². The molecule has 0 radical (unpaired) electrons. The fourth-order valence-corrected chi connectivity index (χ4v) is 3.29. The van der Waals surface area contributed by atoms with E-state index < -0.39 is 0 Å². The second-order valence-electron chi connectivity index (χ2n) is 6.60. The molecular weight excluding hydrogens is 302 g/mol. The summed E-state index contributed by atoms with van der Waals surface area (Å²) in [6, 6.07) is 7.55. The Kier molecular flexibility index (Phi) is 5.51. The van der Waals surface area contributed by atoms with Crippen LogP contribution < -0.4 is 10.6 Å². The molecule has 1 aromatic carbocycles. The molecule has 3 rings (SSSR count). The van der Waals surface area contributed by atoms with Gasteiger partial charge in [0.05, 0.1) is 0 Å². The molecule has 1 aromatic rings. The predicted octanol–water partition coefficient (Wildman–Crippen LogP) is 3.29. The van der Waals surface area contributed by atoms with Crippen LogP contribution in [-0.2, 0) is 11.3 Å². The molecule has 3 amide bonds. The smallest absolute Gasteiger partial charge is 0.319 e. The number of benzene rings is 1. The lowest BCUT2D eigenvalue weighted by molar-refractivity contribution is -0.128. The van der Waals surface area contributed by atoms with Crippen LogP contribution in [-0.4, -0.2) is 29.9 Å². The summed E-state index contributed by atoms with van der Waals surface area (Å²) in [5.41, 5.74) is 1.81. The Labute approximate surface area is 143 Å². The third-order valence-corrected chi connectivity index (χ3v) is 4.66. The van der Waals surface area contributed by atoms with Gasteiger partial charge in [0.15, 0.2) is 0 Å². The molecule has 5 heteroatoms. The van der Waals surface area contributed by atoms with E-state index in [-0.39, 0.29) is 11.9 Å². The topological polar surface area (TPSA) is 61.4 Å². The van der Waals surface area contributed by atoms with Gasteiger partial charge in [0.1, 0.15) is 0 Å². The zero-order chi connectivity index (χ0) is 16.8. The molecule has 0 aromatic heterocycles. The second kappa shape index (κ2) is 7.99. The van der Waals surface area contributed by atoms with Gasteiger partial charge in [0.25, 0.3) is 0 Å². The maximum Gasteiger partial charge on any atom is 0.319 e. The summed E-state index contributed by atoms with van der Waals surface area (Å²) in [7, 11) is 0. The van der Waals surface area contributed by atoms with E-state index in [0.717, 1.165) is 43.5 Å². The van der Waals surface area contributed by atoms with Gasteiger partial charge < -0.3 is 15.5 Å². The molecule has 2 N–H and O–H groups in total. The average molecular weight is 327 g/mol. The maximum absolute atomic E-state index is 12.1. The number of urea groups is 1. The summed E-state index contributed by atoms with van der Waals surface area (Å²) in [6.45, 7) is 2.15. The Morgan fingerprint density at radius 2 is 2.21 bits per heavy atom. The summed E-state index contributed by atoms with van der Waals surface area (Å²) in [5.74, 6) is 0.751. The van der Waals surface area contributed by atoms with E-state index in [4.69, 9.17) is 0 Å². The van der Waals surface area contributed by atoms with Crippen LogP contribution in [0.25, 0.3) is 0 Å². The highest BCUT2D eigenvalue weighted by Crippen LogP contribution is 2.18. The molecule has 0 saturated carbocycles. The first-order chi connectivity index (χ1) is 11.7. The van der Waals surface area contributed by atoms with Gasteiger partial charge in [-0.1, -0.05) is 24.3 Å². The number of carbonyl (C=O) groups is 2. The number of likely N-dealkylation sites (tertiary alicyclic amines) is 1. The van der Waals surface area contributed by atoms with E-state index in [1.165, 1.54) is 0 Å². The minimum absolute atomic E-state index is 0.168. The van der Waals surface area contributed by atoms with Crippen molar-refractivity contribution >= 4 is 17.6 Å². The summed E-state index contributed by atoms with van der Waals surface area (Å²) in [4.78, 5) is 25.6. The van der Waals surface area contributed by atoms with Gasteiger partial charge in [-0.2, -0.15) is 0 Å². The van der Waals surface area contributed by atoms with Crippen LogP contribution >= 0.6 is 0 Å². The third-order valence-electron chi connectivity index (χ3n) is 4.66. The summed E-state index contributed by atoms with van der Waals surface area (Å²) >= 11 is 0. The van der Waals surface area contributed by atoms with Crippen LogP contribution in [0.5, 0.6) is 0 Å². The molecule has 2 aliphatic rings. The SMILES string of the molecule is O=C(NC[C@H]1CC=CCC1)Nc1cccc(CN2CCCC2=O)c1. The number of allylic oxidation sites excluding steroid dienone is 2. The van der Waals surface area contributed by atoms with Crippen molar-refractivity contribution in [2.45, 2.75) is 38.6 Å². The van der Waals surface area contributed by atoms with Crippen molar-refractivity contribution in [1.82, 2.24) is 10.2 Å². The number of rotatable bonds is 5. The van der Waals surface area contributed by atoms with Crippen LogP contribution in [0, 0.1) is 5.92 Å². The zero-order valence-corrected chi connectivity index (χ0v) is 14.0. The first-order valence-corrected chi connectivity index (χ1v) is 8.77. The normalized spacial score (nSPS) is 20.2. The van der Waals surface area contributed by atoms with Crippen LogP contribution in [0.3, 0.4) is 0 Å². The van der Waals surface area contributed by atoms with E-state index in [1.807, 2.05) is 29.2 Å². The van der Waals surface area contributed by atoms with Gasteiger partial charge >= 0.3 is 6.03 Å². The number of anilines is 1. The average Bonchev–Trinajstić information content (AvgIpc) is 2.99. The van der Waals surface area contributed by atoms with Crippen LogP contribution in [0.15, 0.2) is 36.4 Å². The Morgan fingerprint density at radius 3 is 2.96 bits per heavy atom. The third kappa shape index (κ3) is 4.60. The number of carbonyl (C=O) groups excluding carboxylic acids is 2. The Bertz CT molecular complexity index is 627. The van der Waals surface area contributed by atoms with E-state index in [2.05, 4.69) is 22.8 Å². The molecule has 0 spiro atoms. The van der Waals surface area contributed by atoms with Crippen molar-refractivity contribution in [2.75, 3.05) is 18.4 Å². The van der Waals surface area contributed by atoms with Gasteiger partial charge in [-0.15, -0.1) is 0 Å². The first kappa shape index (κ1) is 16.6. The quantitative estimate of drug-likeness (QED) is 0.815. The second-order valence-corrected chi connectivity index (χ2v) is 6.60.